The van der Waals surface area contributed by atoms with Crippen LogP contribution >= 0.6 is 0 Å². The highest BCUT2D eigenvalue weighted by atomic mass is 16.3. The first-order valence-corrected chi connectivity index (χ1v) is 7.42. The van der Waals surface area contributed by atoms with Crippen LogP contribution in [0.4, 0.5) is 5.69 Å². The number of aromatic hydroxyl groups is 1. The Bertz CT molecular complexity index is 750. The average molecular weight is 279 g/mol. The molecule has 3 atom stereocenters. The second-order valence-corrected chi connectivity index (χ2v) is 6.05. The van der Waals surface area contributed by atoms with Gasteiger partial charge < -0.3 is 10.4 Å². The lowest BCUT2D eigenvalue weighted by molar-refractivity contribution is -0.120. The molecule has 0 aromatic heterocycles. The number of phenolic OH excluding ortho intramolecular Hbond substituents is 1. The van der Waals surface area contributed by atoms with E-state index in [1.807, 2.05) is 24.3 Å². The summed E-state index contributed by atoms with van der Waals surface area (Å²) in [5.41, 5.74) is 0.778. The van der Waals surface area contributed by atoms with Crippen LogP contribution < -0.4 is 5.32 Å². The molecule has 4 rings (SSSR count). The van der Waals surface area contributed by atoms with Gasteiger partial charge in [-0.25, -0.2) is 0 Å². The number of nitrogens with one attached hydrogen (secondary N) is 1. The first-order chi connectivity index (χ1) is 10.2. The number of anilines is 1. The zero-order valence-electron chi connectivity index (χ0n) is 11.6. The summed E-state index contributed by atoms with van der Waals surface area (Å²) in [4.78, 5) is 12.5. The summed E-state index contributed by atoms with van der Waals surface area (Å²) < 4.78 is 0. The van der Waals surface area contributed by atoms with Crippen molar-refractivity contribution in [2.45, 2.75) is 12.8 Å². The van der Waals surface area contributed by atoms with Crippen LogP contribution in [-0.2, 0) is 4.79 Å². The van der Waals surface area contributed by atoms with E-state index < -0.39 is 0 Å². The molecule has 1 amide bonds. The van der Waals surface area contributed by atoms with E-state index in [4.69, 9.17) is 0 Å². The van der Waals surface area contributed by atoms with Gasteiger partial charge in [0.05, 0.1) is 0 Å². The van der Waals surface area contributed by atoms with Crippen molar-refractivity contribution in [3.63, 3.8) is 0 Å². The van der Waals surface area contributed by atoms with E-state index >= 15 is 0 Å². The Morgan fingerprint density at radius 2 is 1.86 bits per heavy atom. The van der Waals surface area contributed by atoms with Crippen LogP contribution in [0.1, 0.15) is 12.8 Å². The van der Waals surface area contributed by atoms with Crippen molar-refractivity contribution in [2.24, 2.45) is 17.8 Å². The smallest absolute Gasteiger partial charge is 0.228 e. The monoisotopic (exact) mass is 279 g/mol. The van der Waals surface area contributed by atoms with E-state index in [-0.39, 0.29) is 17.6 Å². The van der Waals surface area contributed by atoms with E-state index in [1.54, 1.807) is 12.1 Å². The van der Waals surface area contributed by atoms with Gasteiger partial charge in [0.2, 0.25) is 5.91 Å². The highest BCUT2D eigenvalue weighted by Crippen LogP contribution is 2.44. The van der Waals surface area contributed by atoms with Crippen molar-refractivity contribution in [3.8, 4) is 5.75 Å². The zero-order valence-corrected chi connectivity index (χ0v) is 11.6. The molecule has 3 heteroatoms. The summed E-state index contributed by atoms with van der Waals surface area (Å²) in [6, 6.07) is 11.0. The molecule has 1 saturated carbocycles. The van der Waals surface area contributed by atoms with Gasteiger partial charge in [-0.15, -0.1) is 0 Å². The number of allylic oxidation sites excluding steroid dienone is 2. The molecular weight excluding hydrogens is 262 g/mol. The number of hydrogen-bond donors (Lipinski definition) is 2. The Morgan fingerprint density at radius 3 is 2.62 bits per heavy atom. The topological polar surface area (TPSA) is 49.3 Å². The molecule has 2 aromatic carbocycles. The van der Waals surface area contributed by atoms with E-state index in [1.165, 1.54) is 0 Å². The third kappa shape index (κ3) is 2.00. The molecule has 2 aromatic rings. The van der Waals surface area contributed by atoms with Crippen molar-refractivity contribution in [2.75, 3.05) is 5.32 Å². The number of carbonyl (C=O) groups excluding carboxylic acids is 1. The Labute approximate surface area is 123 Å². The van der Waals surface area contributed by atoms with Crippen LogP contribution in [0.15, 0.2) is 48.6 Å². The van der Waals surface area contributed by atoms with Gasteiger partial charge in [0, 0.05) is 22.4 Å². The predicted octanol–water partition coefficient (Wildman–Crippen LogP) is 3.70. The first kappa shape index (κ1) is 12.5. The molecule has 106 valence electrons. The van der Waals surface area contributed by atoms with Crippen LogP contribution in [0.25, 0.3) is 10.8 Å². The molecular formula is C18H17NO2. The second kappa shape index (κ2) is 4.62. The molecule has 0 spiro atoms. The molecule has 2 aliphatic rings. The fraction of sp³-hybridized carbons (Fsp3) is 0.278. The number of amides is 1. The van der Waals surface area contributed by atoms with Gasteiger partial charge in [0.25, 0.3) is 0 Å². The summed E-state index contributed by atoms with van der Waals surface area (Å²) in [5, 5.41) is 14.6. The molecule has 0 saturated heterocycles. The normalized spacial score (nSPS) is 26.4. The fourth-order valence-corrected chi connectivity index (χ4v) is 3.71. The number of phenols is 1. The third-order valence-corrected chi connectivity index (χ3v) is 4.77. The van der Waals surface area contributed by atoms with Crippen LogP contribution in [0.2, 0.25) is 0 Å². The number of hydrogen-bond acceptors (Lipinski definition) is 2. The standard InChI is InChI=1S/C18H17NO2/c20-17-6-2-3-13-14(17)4-1-5-16(13)19-18(21)15-10-11-7-8-12(15)9-11/h1-8,11-12,15,20H,9-10H2,(H,19,21). The van der Waals surface area contributed by atoms with E-state index in [9.17, 15) is 9.90 Å². The molecule has 3 unspecified atom stereocenters. The highest BCUT2D eigenvalue weighted by Gasteiger charge is 2.39. The Balaban J connectivity index is 1.64. The molecule has 2 aliphatic carbocycles. The van der Waals surface area contributed by atoms with Gasteiger partial charge >= 0.3 is 0 Å². The molecule has 0 aliphatic heterocycles. The molecule has 0 radical (unpaired) electrons. The van der Waals surface area contributed by atoms with Crippen molar-refractivity contribution in [1.29, 1.82) is 0 Å². The molecule has 1 fully saturated rings. The molecule has 2 N–H and O–H groups in total. The predicted molar refractivity (Wildman–Crippen MR) is 83.1 cm³/mol. The second-order valence-electron chi connectivity index (χ2n) is 6.05. The summed E-state index contributed by atoms with van der Waals surface area (Å²) >= 11 is 0. The minimum Gasteiger partial charge on any atom is -0.507 e. The Hall–Kier alpha value is -2.29. The number of carbonyl (C=O) groups is 1. The fourth-order valence-electron chi connectivity index (χ4n) is 3.71. The quantitative estimate of drug-likeness (QED) is 0.824. The van der Waals surface area contributed by atoms with E-state index in [0.717, 1.165) is 29.3 Å². The maximum absolute atomic E-state index is 12.5. The van der Waals surface area contributed by atoms with Gasteiger partial charge in [0.1, 0.15) is 5.75 Å². The third-order valence-electron chi connectivity index (χ3n) is 4.77. The highest BCUT2D eigenvalue weighted by molar-refractivity contribution is 6.04. The van der Waals surface area contributed by atoms with Gasteiger partial charge in [-0.2, -0.15) is 0 Å². The average Bonchev–Trinajstić information content (AvgIpc) is 3.11. The number of benzene rings is 2. The van der Waals surface area contributed by atoms with Crippen molar-refractivity contribution in [1.82, 2.24) is 0 Å². The molecule has 2 bridgehead atoms. The van der Waals surface area contributed by atoms with Crippen LogP contribution in [-0.4, -0.2) is 11.0 Å². The van der Waals surface area contributed by atoms with Crippen LogP contribution in [0.5, 0.6) is 5.75 Å². The van der Waals surface area contributed by atoms with Crippen LogP contribution in [0, 0.1) is 17.8 Å². The van der Waals surface area contributed by atoms with E-state index in [2.05, 4.69) is 17.5 Å². The van der Waals surface area contributed by atoms with Crippen LogP contribution in [0.3, 0.4) is 0 Å². The SMILES string of the molecule is O=C(Nc1cccc2c(O)cccc12)C1CC2C=CC1C2. The first-order valence-electron chi connectivity index (χ1n) is 7.42. The van der Waals surface area contributed by atoms with Gasteiger partial charge in [-0.3, -0.25) is 4.79 Å². The maximum atomic E-state index is 12.5. The van der Waals surface area contributed by atoms with Gasteiger partial charge in [0.15, 0.2) is 0 Å². The lowest BCUT2D eigenvalue weighted by atomic mass is 9.92. The summed E-state index contributed by atoms with van der Waals surface area (Å²) in [7, 11) is 0. The summed E-state index contributed by atoms with van der Waals surface area (Å²) in [5.74, 6) is 1.42. The minimum atomic E-state index is 0.0903. The lowest BCUT2D eigenvalue weighted by Gasteiger charge is -2.18. The Kier molecular flexibility index (Phi) is 2.74. The zero-order chi connectivity index (χ0) is 14.4. The van der Waals surface area contributed by atoms with Gasteiger partial charge in [-0.1, -0.05) is 36.4 Å². The van der Waals surface area contributed by atoms with Crippen molar-refractivity contribution in [3.05, 3.63) is 48.6 Å². The minimum absolute atomic E-state index is 0.0903. The number of rotatable bonds is 2. The summed E-state index contributed by atoms with van der Waals surface area (Å²) in [6.07, 6.45) is 6.51. The Morgan fingerprint density at radius 1 is 1.05 bits per heavy atom. The lowest BCUT2D eigenvalue weighted by Crippen LogP contribution is -2.25. The van der Waals surface area contributed by atoms with Crippen molar-refractivity contribution < 1.29 is 9.90 Å². The molecule has 3 nitrogen and oxygen atoms in total. The molecule has 21 heavy (non-hydrogen) atoms. The largest absolute Gasteiger partial charge is 0.507 e. The maximum Gasteiger partial charge on any atom is 0.228 e. The van der Waals surface area contributed by atoms with E-state index in [0.29, 0.717) is 11.8 Å². The molecule has 0 heterocycles. The van der Waals surface area contributed by atoms with Gasteiger partial charge in [-0.05, 0) is 36.8 Å². The van der Waals surface area contributed by atoms with Crippen molar-refractivity contribution >= 4 is 22.4 Å². The number of fused-ring (bicyclic) bond motifs is 3. The summed E-state index contributed by atoms with van der Waals surface area (Å²) in [6.45, 7) is 0.